The van der Waals surface area contributed by atoms with Gasteiger partial charge in [0.15, 0.2) is 0 Å². The highest BCUT2D eigenvalue weighted by atomic mass is 16.3. The van der Waals surface area contributed by atoms with Crippen molar-refractivity contribution >= 4 is 0 Å². The molecule has 1 saturated carbocycles. The molecule has 0 aromatic heterocycles. The summed E-state index contributed by atoms with van der Waals surface area (Å²) in [7, 11) is 0. The molecule has 0 aromatic carbocycles. The summed E-state index contributed by atoms with van der Waals surface area (Å²) in [4.78, 5) is 0. The van der Waals surface area contributed by atoms with Crippen LogP contribution in [0.25, 0.3) is 0 Å². The Morgan fingerprint density at radius 1 is 1.00 bits per heavy atom. The van der Waals surface area contributed by atoms with Crippen LogP contribution in [0.4, 0.5) is 0 Å². The minimum Gasteiger partial charge on any atom is -0.393 e. The monoisotopic (exact) mass is 172 g/mol. The standard InChI is InChI=1S/C9H18O.C2H6/c1-7(2)8-3-5-9(10)6-4-8;1-2/h7-10H,3-6H2,1-2H3;1-2H3. The minimum absolute atomic E-state index is 0.00926. The van der Waals surface area contributed by atoms with Crippen molar-refractivity contribution in [3.8, 4) is 0 Å². The van der Waals surface area contributed by atoms with Gasteiger partial charge in [-0.3, -0.25) is 0 Å². The summed E-state index contributed by atoms with van der Waals surface area (Å²) >= 11 is 0. The molecule has 0 heterocycles. The molecule has 0 atom stereocenters. The number of aliphatic hydroxyl groups is 1. The lowest BCUT2D eigenvalue weighted by Gasteiger charge is -2.27. The van der Waals surface area contributed by atoms with Crippen LogP contribution in [0.2, 0.25) is 0 Å². The molecular weight excluding hydrogens is 148 g/mol. The third kappa shape index (κ3) is 4.10. The van der Waals surface area contributed by atoms with Crippen LogP contribution < -0.4 is 0 Å². The van der Waals surface area contributed by atoms with Crippen LogP contribution >= 0.6 is 0 Å². The lowest BCUT2D eigenvalue weighted by atomic mass is 9.81. The second-order valence-corrected chi connectivity index (χ2v) is 3.81. The lowest BCUT2D eigenvalue weighted by Crippen LogP contribution is -2.21. The first-order chi connectivity index (χ1) is 5.70. The fraction of sp³-hybridized carbons (Fsp3) is 1.00. The van der Waals surface area contributed by atoms with Crippen molar-refractivity contribution in [3.05, 3.63) is 0 Å². The molecule has 1 heteroatoms. The van der Waals surface area contributed by atoms with Crippen LogP contribution in [0, 0.1) is 11.8 Å². The Labute approximate surface area is 77.2 Å². The van der Waals surface area contributed by atoms with Crippen molar-refractivity contribution in [3.63, 3.8) is 0 Å². The van der Waals surface area contributed by atoms with Gasteiger partial charge >= 0.3 is 0 Å². The molecule has 0 unspecified atom stereocenters. The summed E-state index contributed by atoms with van der Waals surface area (Å²) in [5.74, 6) is 1.69. The number of hydrogen-bond acceptors (Lipinski definition) is 1. The predicted octanol–water partition coefficient (Wildman–Crippen LogP) is 3.22. The van der Waals surface area contributed by atoms with Gasteiger partial charge < -0.3 is 5.11 Å². The fourth-order valence-corrected chi connectivity index (χ4v) is 1.77. The summed E-state index contributed by atoms with van der Waals surface area (Å²) in [5.41, 5.74) is 0. The predicted molar refractivity (Wildman–Crippen MR) is 54.2 cm³/mol. The molecule has 0 saturated heterocycles. The Morgan fingerprint density at radius 3 is 1.75 bits per heavy atom. The molecule has 0 amide bonds. The molecule has 1 aliphatic rings. The topological polar surface area (TPSA) is 20.2 Å². The average molecular weight is 172 g/mol. The van der Waals surface area contributed by atoms with E-state index in [0.717, 1.165) is 24.7 Å². The van der Waals surface area contributed by atoms with Gasteiger partial charge in [-0.2, -0.15) is 0 Å². The highest BCUT2D eigenvalue weighted by molar-refractivity contribution is 4.73. The largest absolute Gasteiger partial charge is 0.393 e. The maximum atomic E-state index is 9.21. The van der Waals surface area contributed by atoms with Crippen molar-refractivity contribution in [2.24, 2.45) is 11.8 Å². The molecule has 74 valence electrons. The highest BCUT2D eigenvalue weighted by Gasteiger charge is 2.21. The van der Waals surface area contributed by atoms with Crippen molar-refractivity contribution in [2.45, 2.75) is 59.5 Å². The van der Waals surface area contributed by atoms with Gasteiger partial charge in [0.2, 0.25) is 0 Å². The van der Waals surface area contributed by atoms with Crippen LogP contribution in [0.5, 0.6) is 0 Å². The molecule has 0 aliphatic heterocycles. The Balaban J connectivity index is 0.000000561. The molecule has 1 fully saturated rings. The van der Waals surface area contributed by atoms with E-state index in [1.54, 1.807) is 0 Å². The molecular formula is C11H24O. The number of aliphatic hydroxyl groups excluding tert-OH is 1. The normalized spacial score (nSPS) is 29.5. The van der Waals surface area contributed by atoms with E-state index in [9.17, 15) is 5.11 Å². The smallest absolute Gasteiger partial charge is 0.0540 e. The average Bonchev–Trinajstić information content (AvgIpc) is 2.09. The van der Waals surface area contributed by atoms with E-state index >= 15 is 0 Å². The summed E-state index contributed by atoms with van der Waals surface area (Å²) < 4.78 is 0. The zero-order chi connectivity index (χ0) is 9.56. The quantitative estimate of drug-likeness (QED) is 0.644. The summed E-state index contributed by atoms with van der Waals surface area (Å²) in [6.07, 6.45) is 4.54. The third-order valence-electron chi connectivity index (χ3n) is 2.68. The van der Waals surface area contributed by atoms with Crippen LogP contribution in [0.15, 0.2) is 0 Å². The number of hydrogen-bond donors (Lipinski definition) is 1. The van der Waals surface area contributed by atoms with E-state index in [-0.39, 0.29) is 6.10 Å². The second kappa shape index (κ2) is 6.47. The Morgan fingerprint density at radius 2 is 1.42 bits per heavy atom. The van der Waals surface area contributed by atoms with Crippen LogP contribution in [0.3, 0.4) is 0 Å². The first kappa shape index (κ1) is 12.0. The van der Waals surface area contributed by atoms with Crippen LogP contribution in [-0.4, -0.2) is 11.2 Å². The minimum atomic E-state index is 0.00926. The molecule has 0 radical (unpaired) electrons. The molecule has 12 heavy (non-hydrogen) atoms. The van der Waals surface area contributed by atoms with E-state index in [1.807, 2.05) is 13.8 Å². The van der Waals surface area contributed by atoms with E-state index in [1.165, 1.54) is 12.8 Å². The molecule has 1 rings (SSSR count). The van der Waals surface area contributed by atoms with Gasteiger partial charge in [0, 0.05) is 0 Å². The summed E-state index contributed by atoms with van der Waals surface area (Å²) in [6, 6.07) is 0. The van der Waals surface area contributed by atoms with Crippen LogP contribution in [-0.2, 0) is 0 Å². The van der Waals surface area contributed by atoms with E-state index in [0.29, 0.717) is 0 Å². The Bertz CT molecular complexity index is 91.2. The SMILES string of the molecule is CC.CC(C)C1CCC(O)CC1. The van der Waals surface area contributed by atoms with Crippen molar-refractivity contribution in [1.82, 2.24) is 0 Å². The van der Waals surface area contributed by atoms with E-state index in [4.69, 9.17) is 0 Å². The number of rotatable bonds is 1. The molecule has 1 N–H and O–H groups in total. The fourth-order valence-electron chi connectivity index (χ4n) is 1.77. The van der Waals surface area contributed by atoms with Crippen molar-refractivity contribution in [2.75, 3.05) is 0 Å². The van der Waals surface area contributed by atoms with Crippen molar-refractivity contribution < 1.29 is 5.11 Å². The maximum Gasteiger partial charge on any atom is 0.0540 e. The summed E-state index contributed by atoms with van der Waals surface area (Å²) in [6.45, 7) is 8.56. The first-order valence-corrected chi connectivity index (χ1v) is 5.38. The van der Waals surface area contributed by atoms with Crippen molar-refractivity contribution in [1.29, 1.82) is 0 Å². The van der Waals surface area contributed by atoms with Gasteiger partial charge in [-0.1, -0.05) is 27.7 Å². The molecule has 0 bridgehead atoms. The van der Waals surface area contributed by atoms with Gasteiger partial charge in [0.05, 0.1) is 6.10 Å². The zero-order valence-electron chi connectivity index (χ0n) is 9.01. The lowest BCUT2D eigenvalue weighted by molar-refractivity contribution is 0.0963. The zero-order valence-corrected chi connectivity index (χ0v) is 9.01. The molecule has 1 nitrogen and oxygen atoms in total. The van der Waals surface area contributed by atoms with Gasteiger partial charge in [0.1, 0.15) is 0 Å². The molecule has 1 aliphatic carbocycles. The Hall–Kier alpha value is -0.0400. The highest BCUT2D eigenvalue weighted by Crippen LogP contribution is 2.29. The molecule has 0 spiro atoms. The molecule has 0 aromatic rings. The summed E-state index contributed by atoms with van der Waals surface area (Å²) in [5, 5.41) is 9.21. The Kier molecular flexibility index (Phi) is 6.45. The van der Waals surface area contributed by atoms with Gasteiger partial charge in [-0.25, -0.2) is 0 Å². The van der Waals surface area contributed by atoms with E-state index in [2.05, 4.69) is 13.8 Å². The van der Waals surface area contributed by atoms with Gasteiger partial charge in [0.25, 0.3) is 0 Å². The second-order valence-electron chi connectivity index (χ2n) is 3.81. The third-order valence-corrected chi connectivity index (χ3v) is 2.68. The van der Waals surface area contributed by atoms with E-state index < -0.39 is 0 Å². The van der Waals surface area contributed by atoms with Crippen LogP contribution in [0.1, 0.15) is 53.4 Å². The first-order valence-electron chi connectivity index (χ1n) is 5.38. The van der Waals surface area contributed by atoms with Gasteiger partial charge in [-0.15, -0.1) is 0 Å². The van der Waals surface area contributed by atoms with Gasteiger partial charge in [-0.05, 0) is 37.5 Å². The maximum absolute atomic E-state index is 9.21.